The molecule has 5 rings (SSSR count). The van der Waals surface area contributed by atoms with Crippen molar-refractivity contribution in [2.24, 2.45) is 0 Å². The van der Waals surface area contributed by atoms with Gasteiger partial charge in [0.05, 0.1) is 16.8 Å². The Morgan fingerprint density at radius 2 is 1.79 bits per heavy atom. The minimum atomic E-state index is 0.0136. The van der Waals surface area contributed by atoms with Crippen molar-refractivity contribution < 1.29 is 4.79 Å². The molecule has 150 valence electrons. The number of carbonyl (C=O) groups excluding carboxylic acids is 1. The summed E-state index contributed by atoms with van der Waals surface area (Å²) in [6, 6.07) is 10.2. The van der Waals surface area contributed by atoms with Gasteiger partial charge < -0.3 is 15.1 Å². The number of fused-ring (bicyclic) bond motifs is 1. The van der Waals surface area contributed by atoms with Gasteiger partial charge in [0.15, 0.2) is 5.13 Å². The van der Waals surface area contributed by atoms with E-state index >= 15 is 0 Å². The van der Waals surface area contributed by atoms with Crippen molar-refractivity contribution in [3.8, 4) is 0 Å². The number of hydrogen-bond donors (Lipinski definition) is 1. The van der Waals surface area contributed by atoms with E-state index in [0.717, 1.165) is 72.1 Å². The molecule has 1 aliphatic heterocycles. The smallest absolute Gasteiger partial charge is 0.252 e. The largest absolute Gasteiger partial charge is 0.353 e. The molecule has 1 amide bonds. The van der Waals surface area contributed by atoms with E-state index in [9.17, 15) is 4.79 Å². The molecule has 2 fully saturated rings. The van der Waals surface area contributed by atoms with Gasteiger partial charge in [0, 0.05) is 42.5 Å². The molecule has 1 N–H and O–H groups in total. The average Bonchev–Trinajstić information content (AvgIpc) is 3.49. The summed E-state index contributed by atoms with van der Waals surface area (Å²) in [5, 5.41) is 5.15. The van der Waals surface area contributed by atoms with Crippen LogP contribution >= 0.6 is 11.3 Å². The first-order valence-corrected chi connectivity index (χ1v) is 11.0. The highest BCUT2D eigenvalue weighted by Gasteiger charge is 2.26. The Morgan fingerprint density at radius 3 is 2.48 bits per heavy atom. The van der Waals surface area contributed by atoms with Gasteiger partial charge in [0.25, 0.3) is 5.91 Å². The summed E-state index contributed by atoms with van der Waals surface area (Å²) < 4.78 is 0. The lowest BCUT2D eigenvalue weighted by Crippen LogP contribution is -2.47. The third-order valence-corrected chi connectivity index (χ3v) is 6.88. The van der Waals surface area contributed by atoms with Crippen molar-refractivity contribution in [1.29, 1.82) is 0 Å². The van der Waals surface area contributed by atoms with Crippen molar-refractivity contribution in [3.05, 3.63) is 46.5 Å². The van der Waals surface area contributed by atoms with Crippen LogP contribution in [0, 0.1) is 13.8 Å². The summed E-state index contributed by atoms with van der Waals surface area (Å²) in [5.74, 6) is 0.899. The third kappa shape index (κ3) is 3.67. The lowest BCUT2D eigenvalue weighted by molar-refractivity contribution is 0.0952. The van der Waals surface area contributed by atoms with E-state index in [2.05, 4.69) is 29.0 Å². The van der Waals surface area contributed by atoms with Crippen molar-refractivity contribution in [2.45, 2.75) is 32.7 Å². The summed E-state index contributed by atoms with van der Waals surface area (Å²) in [7, 11) is 0. The second kappa shape index (κ2) is 7.30. The maximum atomic E-state index is 12.8. The fraction of sp³-hybridized carbons (Fsp3) is 0.409. The molecule has 0 radical (unpaired) electrons. The third-order valence-electron chi connectivity index (χ3n) is 5.75. The van der Waals surface area contributed by atoms with Crippen LogP contribution < -0.4 is 15.1 Å². The summed E-state index contributed by atoms with van der Waals surface area (Å²) in [6.07, 6.45) is 2.17. The van der Waals surface area contributed by atoms with Crippen molar-refractivity contribution >= 4 is 39.1 Å². The number of aromatic nitrogens is 2. The van der Waals surface area contributed by atoms with Gasteiger partial charge in [-0.1, -0.05) is 18.2 Å². The van der Waals surface area contributed by atoms with Crippen LogP contribution in [0.1, 0.15) is 33.8 Å². The van der Waals surface area contributed by atoms with E-state index < -0.39 is 0 Å². The number of para-hydroxylation sites is 1. The summed E-state index contributed by atoms with van der Waals surface area (Å²) in [6.45, 7) is 7.74. The van der Waals surface area contributed by atoms with E-state index in [4.69, 9.17) is 9.97 Å². The van der Waals surface area contributed by atoms with E-state index in [1.54, 1.807) is 11.3 Å². The first-order valence-electron chi connectivity index (χ1n) is 10.2. The van der Waals surface area contributed by atoms with Crippen LogP contribution in [0.15, 0.2) is 30.3 Å². The van der Waals surface area contributed by atoms with Crippen LogP contribution in [-0.2, 0) is 0 Å². The predicted molar refractivity (Wildman–Crippen MR) is 118 cm³/mol. The molecule has 0 spiro atoms. The number of thiazole rings is 1. The van der Waals surface area contributed by atoms with Gasteiger partial charge >= 0.3 is 0 Å². The maximum Gasteiger partial charge on any atom is 0.252 e. The van der Waals surface area contributed by atoms with E-state index in [0.29, 0.717) is 6.04 Å². The minimum Gasteiger partial charge on any atom is -0.353 e. The molecule has 6 nitrogen and oxygen atoms in total. The fourth-order valence-corrected chi connectivity index (χ4v) is 4.68. The second-order valence-electron chi connectivity index (χ2n) is 7.91. The SMILES string of the molecule is Cc1nc(N2CCN(c3cc(C(=O)NC4CC4)c4ccccc4n3)CC2)sc1C. The zero-order chi connectivity index (χ0) is 20.0. The van der Waals surface area contributed by atoms with Crippen molar-refractivity contribution in [1.82, 2.24) is 15.3 Å². The lowest BCUT2D eigenvalue weighted by atomic mass is 10.1. The molecule has 1 aliphatic carbocycles. The number of aryl methyl sites for hydroxylation is 2. The van der Waals surface area contributed by atoms with Gasteiger partial charge in [-0.2, -0.15) is 0 Å². The Hall–Kier alpha value is -2.67. The van der Waals surface area contributed by atoms with E-state index in [1.165, 1.54) is 4.88 Å². The number of hydrogen-bond acceptors (Lipinski definition) is 6. The Labute approximate surface area is 174 Å². The van der Waals surface area contributed by atoms with Gasteiger partial charge in [-0.25, -0.2) is 9.97 Å². The summed E-state index contributed by atoms with van der Waals surface area (Å²) in [5.41, 5.74) is 2.72. The zero-order valence-corrected chi connectivity index (χ0v) is 17.6. The molecule has 0 atom stereocenters. The van der Waals surface area contributed by atoms with Crippen molar-refractivity contribution in [2.75, 3.05) is 36.0 Å². The van der Waals surface area contributed by atoms with Gasteiger partial charge in [0.2, 0.25) is 0 Å². The van der Waals surface area contributed by atoms with E-state index in [1.807, 2.05) is 30.3 Å². The number of anilines is 2. The van der Waals surface area contributed by atoms with Crippen LogP contribution in [0.2, 0.25) is 0 Å². The summed E-state index contributed by atoms with van der Waals surface area (Å²) in [4.78, 5) is 28.3. The van der Waals surface area contributed by atoms with Crippen LogP contribution in [0.25, 0.3) is 10.9 Å². The van der Waals surface area contributed by atoms with Crippen LogP contribution in [-0.4, -0.2) is 48.1 Å². The van der Waals surface area contributed by atoms with Gasteiger partial charge in [-0.05, 0) is 38.8 Å². The number of carbonyl (C=O) groups is 1. The Balaban J connectivity index is 1.39. The maximum absolute atomic E-state index is 12.8. The highest BCUT2D eigenvalue weighted by atomic mass is 32.1. The number of amides is 1. The molecule has 0 bridgehead atoms. The molecule has 7 heteroatoms. The Kier molecular flexibility index (Phi) is 4.62. The highest BCUT2D eigenvalue weighted by Crippen LogP contribution is 2.29. The fourth-order valence-electron chi connectivity index (χ4n) is 3.72. The Morgan fingerprint density at radius 1 is 1.07 bits per heavy atom. The first kappa shape index (κ1) is 18.4. The molecular formula is C22H25N5OS. The topological polar surface area (TPSA) is 61.4 Å². The highest BCUT2D eigenvalue weighted by molar-refractivity contribution is 7.15. The average molecular weight is 408 g/mol. The lowest BCUT2D eigenvalue weighted by Gasteiger charge is -2.35. The standard InChI is InChI=1S/C22H25N5OS/c1-14-15(2)29-22(23-14)27-11-9-26(10-12-27)20-13-18(21(28)24-16-7-8-16)17-5-3-4-6-19(17)25-20/h3-6,13,16H,7-12H2,1-2H3,(H,24,28). The molecule has 3 heterocycles. The Bertz CT molecular complexity index is 1050. The van der Waals surface area contributed by atoms with Crippen LogP contribution in [0.4, 0.5) is 10.9 Å². The number of rotatable bonds is 4. The molecule has 3 aromatic rings. The van der Waals surface area contributed by atoms with E-state index in [-0.39, 0.29) is 5.91 Å². The number of pyridine rings is 1. The zero-order valence-electron chi connectivity index (χ0n) is 16.8. The van der Waals surface area contributed by atoms with Gasteiger partial charge in [0.1, 0.15) is 5.82 Å². The molecule has 2 aromatic heterocycles. The van der Waals surface area contributed by atoms with Crippen LogP contribution in [0.5, 0.6) is 0 Å². The molecule has 1 saturated carbocycles. The molecule has 0 unspecified atom stereocenters. The van der Waals surface area contributed by atoms with Gasteiger partial charge in [-0.3, -0.25) is 4.79 Å². The van der Waals surface area contributed by atoms with Crippen molar-refractivity contribution in [3.63, 3.8) is 0 Å². The molecule has 1 saturated heterocycles. The monoisotopic (exact) mass is 407 g/mol. The second-order valence-corrected chi connectivity index (χ2v) is 9.09. The van der Waals surface area contributed by atoms with Gasteiger partial charge in [-0.15, -0.1) is 11.3 Å². The normalized spacial score (nSPS) is 17.0. The number of nitrogens with zero attached hydrogens (tertiary/aromatic N) is 4. The van der Waals surface area contributed by atoms with Crippen LogP contribution in [0.3, 0.4) is 0 Å². The quantitative estimate of drug-likeness (QED) is 0.717. The molecular weight excluding hydrogens is 382 g/mol. The molecule has 2 aliphatic rings. The number of benzene rings is 1. The summed E-state index contributed by atoms with van der Waals surface area (Å²) >= 11 is 1.77. The molecule has 1 aromatic carbocycles. The number of nitrogens with one attached hydrogen (secondary N) is 1. The number of piperazine rings is 1. The first-order chi connectivity index (χ1) is 14.1. The predicted octanol–water partition coefficient (Wildman–Crippen LogP) is 3.53. The molecule has 29 heavy (non-hydrogen) atoms. The minimum absolute atomic E-state index is 0.0136.